The molecule has 4 fully saturated rings. The van der Waals surface area contributed by atoms with E-state index < -0.39 is 11.2 Å². The molecule has 8 unspecified atom stereocenters. The second-order valence-electron chi connectivity index (χ2n) is 18.6. The van der Waals surface area contributed by atoms with E-state index >= 15 is 4.79 Å². The molecule has 12 rings (SSSR count). The zero-order valence-corrected chi connectivity index (χ0v) is 34.2. The van der Waals surface area contributed by atoms with Gasteiger partial charge in [-0.3, -0.25) is 0 Å². The molecule has 2 heterocycles. The molecule has 0 radical (unpaired) electrons. The van der Waals surface area contributed by atoms with Crippen LogP contribution in [0.4, 0.5) is 0 Å². The Hall–Kier alpha value is -5.78. The molecule has 0 spiro atoms. The van der Waals surface area contributed by atoms with E-state index in [2.05, 4.69) is 122 Å². The molecule has 8 atom stereocenters. The van der Waals surface area contributed by atoms with Gasteiger partial charge in [0.25, 0.3) is 0 Å². The molecule has 4 aliphatic carbocycles. The summed E-state index contributed by atoms with van der Waals surface area (Å²) in [5.74, 6) is 0.400. The number of carbonyl (C=O) groups excluding carboxylic acids is 2. The highest BCUT2D eigenvalue weighted by atomic mass is 16.6. The summed E-state index contributed by atoms with van der Waals surface area (Å²) in [6.07, 6.45) is 9.50. The molecule has 0 aromatic heterocycles. The van der Waals surface area contributed by atoms with Crippen molar-refractivity contribution in [1.29, 1.82) is 0 Å². The maximum atomic E-state index is 15.2. The van der Waals surface area contributed by atoms with Gasteiger partial charge in [0, 0.05) is 45.2 Å². The van der Waals surface area contributed by atoms with Crippen molar-refractivity contribution in [3.8, 4) is 22.3 Å². The van der Waals surface area contributed by atoms with Crippen molar-refractivity contribution < 1.29 is 23.8 Å². The molecule has 4 bridgehead atoms. The summed E-state index contributed by atoms with van der Waals surface area (Å²) in [7, 11) is 0. The van der Waals surface area contributed by atoms with Gasteiger partial charge >= 0.3 is 11.9 Å². The highest BCUT2D eigenvalue weighted by Crippen LogP contribution is 2.63. The van der Waals surface area contributed by atoms with Crippen LogP contribution in [0.2, 0.25) is 0 Å². The first-order valence-electron chi connectivity index (χ1n) is 22.0. The third-order valence-corrected chi connectivity index (χ3v) is 15.4. The minimum Gasteiger partial charge on any atom is -0.446 e. The molecule has 6 aromatic rings. The van der Waals surface area contributed by atoms with Crippen molar-refractivity contribution >= 4 is 39.6 Å². The fourth-order valence-corrected chi connectivity index (χ4v) is 13.1. The van der Waals surface area contributed by atoms with Gasteiger partial charge in [0.05, 0.1) is 12.2 Å². The SMILES string of the molecule is C=C(C)C(=O)OC1(C2CC3CCC2C3)c2cccc(/C=C(\C)C(=O)OC3(C4CC5CCC4O5)c4ccccc4-c4cccc5cccc3c45)c2-c2cccc3cccc1c23. The van der Waals surface area contributed by atoms with E-state index in [1.165, 1.54) is 12.0 Å². The molecule has 6 aliphatic rings. The lowest BCUT2D eigenvalue weighted by Crippen LogP contribution is -2.47. The van der Waals surface area contributed by atoms with Crippen molar-refractivity contribution in [2.24, 2.45) is 23.7 Å². The number of carbonyl (C=O) groups is 2. The fraction of sp³-hybridized carbons (Fsp3) is 0.309. The van der Waals surface area contributed by atoms with Crippen molar-refractivity contribution in [3.05, 3.63) is 161 Å². The van der Waals surface area contributed by atoms with Crippen LogP contribution < -0.4 is 0 Å². The van der Waals surface area contributed by atoms with E-state index in [0.717, 1.165) is 105 Å². The second-order valence-corrected chi connectivity index (χ2v) is 18.6. The van der Waals surface area contributed by atoms with Gasteiger partial charge in [0.2, 0.25) is 0 Å². The van der Waals surface area contributed by atoms with E-state index in [1.807, 2.05) is 13.0 Å². The number of benzene rings is 6. The van der Waals surface area contributed by atoms with E-state index in [4.69, 9.17) is 14.2 Å². The summed E-state index contributed by atoms with van der Waals surface area (Å²) in [5, 5.41) is 4.48. The Morgan fingerprint density at radius 1 is 0.617 bits per heavy atom. The first kappa shape index (κ1) is 36.1. The summed E-state index contributed by atoms with van der Waals surface area (Å²) >= 11 is 0. The smallest absolute Gasteiger partial charge is 0.334 e. The lowest BCUT2D eigenvalue weighted by atomic mass is 9.63. The molecular formula is C55H48O5. The van der Waals surface area contributed by atoms with Gasteiger partial charge in [-0.1, -0.05) is 128 Å². The van der Waals surface area contributed by atoms with Crippen LogP contribution >= 0.6 is 0 Å². The minimum absolute atomic E-state index is 0.0109. The summed E-state index contributed by atoms with van der Waals surface area (Å²) in [5.41, 5.74) is 8.17. The van der Waals surface area contributed by atoms with Gasteiger partial charge in [0.1, 0.15) is 0 Å². The lowest BCUT2D eigenvalue weighted by molar-refractivity contribution is -0.160. The zero-order valence-electron chi connectivity index (χ0n) is 34.2. The number of rotatable bonds is 7. The Morgan fingerprint density at radius 2 is 1.23 bits per heavy atom. The Balaban J connectivity index is 1.04. The van der Waals surface area contributed by atoms with Crippen LogP contribution in [-0.2, 0) is 35.0 Å². The second kappa shape index (κ2) is 13.1. The summed E-state index contributed by atoms with van der Waals surface area (Å²) in [4.78, 5) is 29.2. The van der Waals surface area contributed by atoms with E-state index in [-0.39, 0.29) is 36.0 Å². The van der Waals surface area contributed by atoms with E-state index in [0.29, 0.717) is 23.0 Å². The molecule has 0 amide bonds. The van der Waals surface area contributed by atoms with Gasteiger partial charge in [-0.05, 0) is 120 Å². The van der Waals surface area contributed by atoms with Crippen LogP contribution in [-0.4, -0.2) is 24.1 Å². The molecule has 6 aromatic carbocycles. The van der Waals surface area contributed by atoms with Gasteiger partial charge in [0.15, 0.2) is 11.2 Å². The normalized spacial score (nSPS) is 29.1. The van der Waals surface area contributed by atoms with Crippen LogP contribution in [0.25, 0.3) is 49.9 Å². The monoisotopic (exact) mass is 788 g/mol. The number of esters is 2. The Morgan fingerprint density at radius 3 is 1.90 bits per heavy atom. The Kier molecular flexibility index (Phi) is 7.89. The average molecular weight is 789 g/mol. The minimum atomic E-state index is -1.05. The zero-order chi connectivity index (χ0) is 40.5. The number of fused-ring (bicyclic) bond motifs is 8. The predicted molar refractivity (Wildman–Crippen MR) is 236 cm³/mol. The molecule has 2 aliphatic heterocycles. The van der Waals surface area contributed by atoms with Crippen LogP contribution in [0.3, 0.4) is 0 Å². The fourth-order valence-electron chi connectivity index (χ4n) is 13.1. The van der Waals surface area contributed by atoms with Crippen LogP contribution in [0, 0.1) is 23.7 Å². The van der Waals surface area contributed by atoms with Crippen molar-refractivity contribution in [2.45, 2.75) is 82.2 Å². The van der Waals surface area contributed by atoms with Crippen molar-refractivity contribution in [2.75, 3.05) is 0 Å². The third-order valence-electron chi connectivity index (χ3n) is 15.4. The molecule has 2 saturated heterocycles. The Labute approximate surface area is 351 Å². The molecule has 298 valence electrons. The van der Waals surface area contributed by atoms with Crippen molar-refractivity contribution in [3.63, 3.8) is 0 Å². The summed E-state index contributed by atoms with van der Waals surface area (Å²) in [6, 6.07) is 40.6. The standard InChI is InChI=1S/C55H48O5/c1-31(2)52(56)59-55(46-29-33-23-24-36(46)28-33)44-21-9-14-35-12-7-18-41(50(35)44)51-37(15-10-22-45(51)55)27-32(3)53(57)60-54(47-30-38-25-26-48(47)58-38)42-19-5-4-16-39(42)40-17-6-11-34-13-8-20-43(54)49(34)40/h4-22,27,33,36,38,46-48H,1,23-26,28-30H2,2-3H3/b32-27+. The molecule has 2 saturated carbocycles. The largest absolute Gasteiger partial charge is 0.446 e. The van der Waals surface area contributed by atoms with E-state index in [1.54, 1.807) is 6.92 Å². The van der Waals surface area contributed by atoms with E-state index in [9.17, 15) is 4.79 Å². The predicted octanol–water partition coefficient (Wildman–Crippen LogP) is 12.2. The van der Waals surface area contributed by atoms with Crippen molar-refractivity contribution in [1.82, 2.24) is 0 Å². The average Bonchev–Trinajstić information content (AvgIpc) is 4.11. The van der Waals surface area contributed by atoms with Crippen LogP contribution in [0.1, 0.15) is 86.6 Å². The molecular weight excluding hydrogens is 741 g/mol. The molecule has 60 heavy (non-hydrogen) atoms. The topological polar surface area (TPSA) is 61.8 Å². The molecule has 0 N–H and O–H groups in total. The first-order chi connectivity index (χ1) is 29.3. The van der Waals surface area contributed by atoms with Gasteiger partial charge in [-0.2, -0.15) is 0 Å². The lowest BCUT2D eigenvalue weighted by Gasteiger charge is -2.47. The maximum Gasteiger partial charge on any atom is 0.334 e. The summed E-state index contributed by atoms with van der Waals surface area (Å²) in [6.45, 7) is 7.67. The molecule has 5 heteroatoms. The maximum absolute atomic E-state index is 15.2. The van der Waals surface area contributed by atoms with Gasteiger partial charge in [-0.25, -0.2) is 9.59 Å². The van der Waals surface area contributed by atoms with Crippen LogP contribution in [0.15, 0.2) is 133 Å². The Bertz CT molecular complexity index is 2870. The third kappa shape index (κ3) is 4.90. The quantitative estimate of drug-likeness (QED) is 0.119. The summed E-state index contributed by atoms with van der Waals surface area (Å²) < 4.78 is 20.8. The van der Waals surface area contributed by atoms with Gasteiger partial charge < -0.3 is 14.2 Å². The van der Waals surface area contributed by atoms with Gasteiger partial charge in [-0.15, -0.1) is 0 Å². The highest BCUT2D eigenvalue weighted by molar-refractivity contribution is 6.07. The number of hydrogen-bond acceptors (Lipinski definition) is 5. The number of hydrogen-bond donors (Lipinski definition) is 0. The van der Waals surface area contributed by atoms with Crippen LogP contribution in [0.5, 0.6) is 0 Å². The number of ether oxygens (including phenoxy) is 3. The molecule has 5 nitrogen and oxygen atoms in total. The first-order valence-corrected chi connectivity index (χ1v) is 22.0. The highest BCUT2D eigenvalue weighted by Gasteiger charge is 2.59.